The van der Waals surface area contributed by atoms with Gasteiger partial charge in [0, 0.05) is 29.6 Å². The second-order valence-electron chi connectivity index (χ2n) is 10.6. The predicted octanol–water partition coefficient (Wildman–Crippen LogP) is 8.13. The molecule has 5 rings (SSSR count). The zero-order chi connectivity index (χ0) is 32.0. The summed E-state index contributed by atoms with van der Waals surface area (Å²) in [5.74, 6) is -0.625. The number of rotatable bonds is 8. The zero-order valence-electron chi connectivity index (χ0n) is 23.9. The molecule has 1 aromatic heterocycles. The molecule has 230 valence electrons. The summed E-state index contributed by atoms with van der Waals surface area (Å²) in [6, 6.07) is 12.9. The Kier molecular flexibility index (Phi) is 8.04. The number of pyridine rings is 1. The van der Waals surface area contributed by atoms with Crippen LogP contribution in [-0.4, -0.2) is 41.4 Å². The molecule has 6 nitrogen and oxygen atoms in total. The number of alkyl halides is 6. The van der Waals surface area contributed by atoms with Crippen LogP contribution in [0.1, 0.15) is 57.3 Å². The van der Waals surface area contributed by atoms with Gasteiger partial charge in [0.15, 0.2) is 0 Å². The first kappa shape index (κ1) is 30.8. The van der Waals surface area contributed by atoms with Gasteiger partial charge in [-0.2, -0.15) is 26.3 Å². The van der Waals surface area contributed by atoms with Gasteiger partial charge in [-0.3, -0.25) is 14.5 Å². The molecule has 0 saturated carbocycles. The maximum Gasteiger partial charge on any atom is 0.433 e. The molecule has 0 spiro atoms. The van der Waals surface area contributed by atoms with E-state index in [4.69, 9.17) is 4.74 Å². The van der Waals surface area contributed by atoms with E-state index in [9.17, 15) is 35.9 Å². The van der Waals surface area contributed by atoms with Crippen molar-refractivity contribution in [1.29, 1.82) is 0 Å². The lowest BCUT2D eigenvalue weighted by atomic mass is 9.93. The topological polar surface area (TPSA) is 71.5 Å². The molecule has 1 atom stereocenters. The lowest BCUT2D eigenvalue weighted by molar-refractivity contribution is -0.141. The normalized spacial score (nSPS) is 14.2. The van der Waals surface area contributed by atoms with Crippen LogP contribution in [0.5, 0.6) is 5.75 Å². The number of methoxy groups -OCH3 is 1. The SMILES string of the molecule is COc1cc(NC(C)CCCN2C(=O)c3ccccc3C2=O)c2nc(C(F)(F)F)cc(C)c2c1-c1cccc(C(F)(F)F)c1. The number of fused-ring (bicyclic) bond motifs is 2. The molecule has 0 saturated heterocycles. The van der Waals surface area contributed by atoms with Crippen molar-refractivity contribution in [3.63, 3.8) is 0 Å². The fraction of sp³-hybridized carbons (Fsp3) is 0.281. The van der Waals surface area contributed by atoms with Crippen LogP contribution < -0.4 is 10.1 Å². The molecule has 0 bridgehead atoms. The Hall–Kier alpha value is -4.61. The lowest BCUT2D eigenvalue weighted by Crippen LogP contribution is -2.31. The number of halogens is 6. The minimum Gasteiger partial charge on any atom is -0.496 e. The fourth-order valence-corrected chi connectivity index (χ4v) is 5.47. The highest BCUT2D eigenvalue weighted by molar-refractivity contribution is 6.21. The van der Waals surface area contributed by atoms with E-state index in [1.165, 1.54) is 37.1 Å². The van der Waals surface area contributed by atoms with E-state index < -0.39 is 23.6 Å². The minimum atomic E-state index is -4.77. The number of aryl methyl sites for hydroxylation is 1. The third-order valence-corrected chi connectivity index (χ3v) is 7.53. The van der Waals surface area contributed by atoms with E-state index >= 15 is 0 Å². The predicted molar refractivity (Wildman–Crippen MR) is 153 cm³/mol. The van der Waals surface area contributed by atoms with E-state index in [0.717, 1.165) is 18.2 Å². The number of anilines is 1. The molecule has 0 fully saturated rings. The van der Waals surface area contributed by atoms with E-state index in [-0.39, 0.29) is 63.4 Å². The second-order valence-corrected chi connectivity index (χ2v) is 10.6. The number of benzene rings is 3. The van der Waals surface area contributed by atoms with Crippen molar-refractivity contribution in [1.82, 2.24) is 9.88 Å². The lowest BCUT2D eigenvalue weighted by Gasteiger charge is -2.23. The van der Waals surface area contributed by atoms with Crippen LogP contribution in [-0.2, 0) is 12.4 Å². The first-order valence-electron chi connectivity index (χ1n) is 13.7. The van der Waals surface area contributed by atoms with Gasteiger partial charge in [0.2, 0.25) is 0 Å². The first-order valence-corrected chi connectivity index (χ1v) is 13.7. The summed E-state index contributed by atoms with van der Waals surface area (Å²) < 4.78 is 87.7. The highest BCUT2D eigenvalue weighted by atomic mass is 19.4. The quantitative estimate of drug-likeness (QED) is 0.160. The van der Waals surface area contributed by atoms with Gasteiger partial charge in [0.05, 0.1) is 35.0 Å². The van der Waals surface area contributed by atoms with E-state index in [1.807, 2.05) is 0 Å². The molecule has 0 radical (unpaired) electrons. The second kappa shape index (κ2) is 11.5. The van der Waals surface area contributed by atoms with E-state index in [2.05, 4.69) is 10.3 Å². The van der Waals surface area contributed by atoms with Gasteiger partial charge in [-0.1, -0.05) is 24.3 Å². The molecule has 1 aliphatic heterocycles. The maximum atomic E-state index is 13.8. The van der Waals surface area contributed by atoms with Crippen LogP contribution in [0.25, 0.3) is 22.0 Å². The van der Waals surface area contributed by atoms with Crippen molar-refractivity contribution in [2.45, 2.75) is 45.1 Å². The van der Waals surface area contributed by atoms with Crippen molar-refractivity contribution >= 4 is 28.4 Å². The molecule has 0 aliphatic carbocycles. The van der Waals surface area contributed by atoms with Crippen molar-refractivity contribution in [3.8, 4) is 16.9 Å². The summed E-state index contributed by atoms with van der Waals surface area (Å²) in [6.07, 6.45) is -8.59. The van der Waals surface area contributed by atoms with Crippen LogP contribution in [0.15, 0.2) is 60.7 Å². The van der Waals surface area contributed by atoms with Gasteiger partial charge in [-0.05, 0) is 68.1 Å². The molecule has 44 heavy (non-hydrogen) atoms. The number of ether oxygens (including phenoxy) is 1. The molecule has 2 amide bonds. The standard InChI is InChI=1S/C32H27F6N3O3/c1-17-14-25(32(36,37)38)40-28-23(16-24(44-3)27(26(17)28)19-9-6-10-20(15-19)31(33,34)35)39-18(2)8-7-13-41-29(42)21-11-4-5-12-22(21)30(41)43/h4-6,9-12,14-16,18,39H,7-8,13H2,1-3H3. The summed E-state index contributed by atoms with van der Waals surface area (Å²) in [6.45, 7) is 3.36. The molecular formula is C32H27F6N3O3. The third-order valence-electron chi connectivity index (χ3n) is 7.53. The molecule has 1 aliphatic rings. The minimum absolute atomic E-state index is 0.0854. The number of aromatic nitrogens is 1. The summed E-state index contributed by atoms with van der Waals surface area (Å²) in [7, 11) is 1.32. The van der Waals surface area contributed by atoms with Gasteiger partial charge in [-0.15, -0.1) is 0 Å². The monoisotopic (exact) mass is 615 g/mol. The fourth-order valence-electron chi connectivity index (χ4n) is 5.47. The van der Waals surface area contributed by atoms with Gasteiger partial charge >= 0.3 is 12.4 Å². The average molecular weight is 616 g/mol. The Morgan fingerprint density at radius 1 is 0.909 bits per heavy atom. The summed E-state index contributed by atoms with van der Waals surface area (Å²) >= 11 is 0. The Bertz CT molecular complexity index is 1730. The maximum absolute atomic E-state index is 13.8. The van der Waals surface area contributed by atoms with Gasteiger partial charge in [-0.25, -0.2) is 4.98 Å². The number of carbonyl (C=O) groups is 2. The van der Waals surface area contributed by atoms with Gasteiger partial charge in [0.25, 0.3) is 11.8 Å². The van der Waals surface area contributed by atoms with Crippen molar-refractivity contribution in [3.05, 3.63) is 88.6 Å². The number of nitrogens with one attached hydrogen (secondary N) is 1. The summed E-state index contributed by atoms with van der Waals surface area (Å²) in [5.41, 5.74) is -0.860. The van der Waals surface area contributed by atoms with Crippen LogP contribution in [0, 0.1) is 6.92 Å². The van der Waals surface area contributed by atoms with Crippen LogP contribution in [0.4, 0.5) is 32.0 Å². The zero-order valence-corrected chi connectivity index (χ0v) is 23.9. The van der Waals surface area contributed by atoms with Crippen molar-refractivity contribution in [2.75, 3.05) is 19.0 Å². The molecular weight excluding hydrogens is 588 g/mol. The number of nitrogens with zero attached hydrogens (tertiary/aromatic N) is 2. The highest BCUT2D eigenvalue weighted by Gasteiger charge is 2.36. The van der Waals surface area contributed by atoms with Gasteiger partial charge < -0.3 is 10.1 Å². The molecule has 1 N–H and O–H groups in total. The van der Waals surface area contributed by atoms with Crippen LogP contribution >= 0.6 is 0 Å². The Labute approximate surface area is 248 Å². The number of imide groups is 1. The smallest absolute Gasteiger partial charge is 0.433 e. The highest BCUT2D eigenvalue weighted by Crippen LogP contribution is 2.45. The molecule has 2 heterocycles. The van der Waals surface area contributed by atoms with Crippen molar-refractivity contribution < 1.29 is 40.7 Å². The number of hydrogen-bond acceptors (Lipinski definition) is 5. The Morgan fingerprint density at radius 2 is 1.57 bits per heavy atom. The molecule has 12 heteroatoms. The summed E-state index contributed by atoms with van der Waals surface area (Å²) in [5, 5.41) is 3.37. The Balaban J connectivity index is 1.49. The molecule has 3 aromatic carbocycles. The Morgan fingerprint density at radius 3 is 2.16 bits per heavy atom. The summed E-state index contributed by atoms with van der Waals surface area (Å²) in [4.78, 5) is 30.4. The number of amides is 2. The number of carbonyl (C=O) groups excluding carboxylic acids is 2. The van der Waals surface area contributed by atoms with E-state index in [0.29, 0.717) is 24.0 Å². The average Bonchev–Trinajstić information content (AvgIpc) is 3.21. The van der Waals surface area contributed by atoms with Crippen LogP contribution in [0.2, 0.25) is 0 Å². The molecule has 4 aromatic rings. The molecule has 1 unspecified atom stereocenters. The van der Waals surface area contributed by atoms with Gasteiger partial charge in [0.1, 0.15) is 11.4 Å². The number of hydrogen-bond donors (Lipinski definition) is 1. The third kappa shape index (κ3) is 5.80. The largest absolute Gasteiger partial charge is 0.496 e. The van der Waals surface area contributed by atoms with Crippen LogP contribution in [0.3, 0.4) is 0 Å². The van der Waals surface area contributed by atoms with Crippen molar-refractivity contribution in [2.24, 2.45) is 0 Å². The van der Waals surface area contributed by atoms with E-state index in [1.54, 1.807) is 31.2 Å². The first-order chi connectivity index (χ1) is 20.7.